The zero-order chi connectivity index (χ0) is 14.1. The summed E-state index contributed by atoms with van der Waals surface area (Å²) >= 11 is 3.53. The fraction of sp³-hybridized carbons (Fsp3) is 0.200. The number of hydrogen-bond acceptors (Lipinski definition) is 2. The van der Waals surface area contributed by atoms with Crippen molar-refractivity contribution in [1.82, 2.24) is 14.5 Å². The Labute approximate surface area is 124 Å². The summed E-state index contributed by atoms with van der Waals surface area (Å²) in [6.07, 6.45) is 4.83. The van der Waals surface area contributed by atoms with Gasteiger partial charge in [0.25, 0.3) is 0 Å². The number of nitrogens with zero attached hydrogens (tertiary/aromatic N) is 3. The van der Waals surface area contributed by atoms with Crippen molar-refractivity contribution in [1.29, 1.82) is 0 Å². The highest BCUT2D eigenvalue weighted by molar-refractivity contribution is 9.10. The molecule has 2 aromatic heterocycles. The van der Waals surface area contributed by atoms with Crippen LogP contribution in [-0.4, -0.2) is 14.5 Å². The van der Waals surface area contributed by atoms with E-state index in [0.717, 1.165) is 21.2 Å². The molecule has 5 heteroatoms. The van der Waals surface area contributed by atoms with E-state index in [4.69, 9.17) is 0 Å². The molecule has 0 spiro atoms. The SMILES string of the molecule is Cn1cc(Br)c2c(CCc3ccccc3F)ncnc21. The van der Waals surface area contributed by atoms with Gasteiger partial charge in [-0.05, 0) is 40.4 Å². The van der Waals surface area contributed by atoms with Crippen molar-refractivity contribution in [3.8, 4) is 0 Å². The third-order valence-corrected chi connectivity index (χ3v) is 3.98. The molecule has 0 aliphatic rings. The predicted molar refractivity (Wildman–Crippen MR) is 80.0 cm³/mol. The molecule has 20 heavy (non-hydrogen) atoms. The maximum Gasteiger partial charge on any atom is 0.144 e. The summed E-state index contributed by atoms with van der Waals surface area (Å²) in [5.74, 6) is -0.162. The molecule has 0 radical (unpaired) electrons. The molecule has 3 rings (SSSR count). The standard InChI is InChI=1S/C15H13BrFN3/c1-20-8-11(16)14-13(18-9-19-15(14)20)7-6-10-4-2-3-5-12(10)17/h2-5,8-9H,6-7H2,1H3. The Hall–Kier alpha value is -1.75. The molecule has 1 aromatic carbocycles. The van der Waals surface area contributed by atoms with Gasteiger partial charge in [-0.1, -0.05) is 18.2 Å². The molecule has 2 heterocycles. The van der Waals surface area contributed by atoms with Crippen LogP contribution >= 0.6 is 15.9 Å². The molecule has 3 aromatic rings. The van der Waals surface area contributed by atoms with E-state index in [2.05, 4.69) is 25.9 Å². The molecule has 0 saturated heterocycles. The number of fused-ring (bicyclic) bond motifs is 1. The lowest BCUT2D eigenvalue weighted by Crippen LogP contribution is -1.99. The van der Waals surface area contributed by atoms with Gasteiger partial charge in [0.2, 0.25) is 0 Å². The van der Waals surface area contributed by atoms with E-state index < -0.39 is 0 Å². The maximum atomic E-state index is 13.6. The fourth-order valence-corrected chi connectivity index (χ4v) is 3.08. The normalized spacial score (nSPS) is 11.2. The molecule has 0 unspecified atom stereocenters. The summed E-state index contributed by atoms with van der Waals surface area (Å²) in [4.78, 5) is 8.63. The minimum atomic E-state index is -0.162. The smallest absolute Gasteiger partial charge is 0.144 e. The highest BCUT2D eigenvalue weighted by atomic mass is 79.9. The Morgan fingerprint density at radius 3 is 2.80 bits per heavy atom. The third kappa shape index (κ3) is 2.33. The summed E-state index contributed by atoms with van der Waals surface area (Å²) in [5.41, 5.74) is 2.53. The number of rotatable bonds is 3. The zero-order valence-electron chi connectivity index (χ0n) is 11.0. The van der Waals surface area contributed by atoms with Gasteiger partial charge in [0.15, 0.2) is 0 Å². The van der Waals surface area contributed by atoms with Gasteiger partial charge in [-0.15, -0.1) is 0 Å². The topological polar surface area (TPSA) is 30.7 Å². The van der Waals surface area contributed by atoms with Crippen LogP contribution in [0.2, 0.25) is 0 Å². The van der Waals surface area contributed by atoms with Crippen molar-refractivity contribution in [3.05, 3.63) is 58.3 Å². The predicted octanol–water partition coefficient (Wildman–Crippen LogP) is 3.66. The quantitative estimate of drug-likeness (QED) is 0.732. The van der Waals surface area contributed by atoms with Crippen LogP contribution in [0.15, 0.2) is 41.3 Å². The second kappa shape index (κ2) is 5.32. The average Bonchev–Trinajstić information content (AvgIpc) is 2.74. The first-order chi connectivity index (χ1) is 9.66. The number of aromatic nitrogens is 3. The molecule has 0 amide bonds. The Balaban J connectivity index is 1.94. The minimum Gasteiger partial charge on any atom is -0.334 e. The van der Waals surface area contributed by atoms with Crippen LogP contribution in [0.3, 0.4) is 0 Å². The first-order valence-electron chi connectivity index (χ1n) is 6.34. The number of halogens is 2. The lowest BCUT2D eigenvalue weighted by Gasteiger charge is -2.05. The summed E-state index contributed by atoms with van der Waals surface area (Å²) in [5, 5.41) is 1.01. The van der Waals surface area contributed by atoms with Crippen LogP contribution in [0.1, 0.15) is 11.3 Å². The molecule has 0 bridgehead atoms. The van der Waals surface area contributed by atoms with E-state index >= 15 is 0 Å². The number of hydrogen-bond donors (Lipinski definition) is 0. The van der Waals surface area contributed by atoms with E-state index in [1.165, 1.54) is 6.07 Å². The molecular formula is C15H13BrFN3. The van der Waals surface area contributed by atoms with Gasteiger partial charge in [0.1, 0.15) is 17.8 Å². The van der Waals surface area contributed by atoms with Crippen LogP contribution in [0, 0.1) is 5.82 Å². The molecule has 0 aliphatic heterocycles. The van der Waals surface area contributed by atoms with E-state index in [9.17, 15) is 4.39 Å². The maximum absolute atomic E-state index is 13.6. The Morgan fingerprint density at radius 2 is 2.00 bits per heavy atom. The second-order valence-electron chi connectivity index (χ2n) is 4.70. The van der Waals surface area contributed by atoms with Crippen LogP contribution in [-0.2, 0) is 19.9 Å². The lowest BCUT2D eigenvalue weighted by atomic mass is 10.1. The first kappa shape index (κ1) is 13.2. The van der Waals surface area contributed by atoms with Gasteiger partial charge >= 0.3 is 0 Å². The average molecular weight is 334 g/mol. The summed E-state index contributed by atoms with van der Waals surface area (Å²) in [6, 6.07) is 6.86. The zero-order valence-corrected chi connectivity index (χ0v) is 12.6. The molecular weight excluding hydrogens is 321 g/mol. The van der Waals surface area contributed by atoms with Gasteiger partial charge in [-0.2, -0.15) is 0 Å². The monoisotopic (exact) mass is 333 g/mol. The van der Waals surface area contributed by atoms with Crippen molar-refractivity contribution >= 4 is 27.0 Å². The highest BCUT2D eigenvalue weighted by Gasteiger charge is 2.12. The fourth-order valence-electron chi connectivity index (χ4n) is 2.36. The van der Waals surface area contributed by atoms with Gasteiger partial charge in [0.05, 0.1) is 11.1 Å². The van der Waals surface area contributed by atoms with Gasteiger partial charge in [-0.25, -0.2) is 14.4 Å². The van der Waals surface area contributed by atoms with Crippen molar-refractivity contribution < 1.29 is 4.39 Å². The van der Waals surface area contributed by atoms with E-state index in [0.29, 0.717) is 18.4 Å². The van der Waals surface area contributed by atoms with Gasteiger partial charge in [-0.3, -0.25) is 0 Å². The van der Waals surface area contributed by atoms with Crippen LogP contribution in [0.4, 0.5) is 4.39 Å². The van der Waals surface area contributed by atoms with E-state index in [1.54, 1.807) is 12.4 Å². The van der Waals surface area contributed by atoms with Crippen molar-refractivity contribution in [2.24, 2.45) is 7.05 Å². The van der Waals surface area contributed by atoms with Crippen LogP contribution in [0.5, 0.6) is 0 Å². The van der Waals surface area contributed by atoms with Gasteiger partial charge in [0, 0.05) is 17.7 Å². The Kier molecular flexibility index (Phi) is 3.53. The third-order valence-electron chi connectivity index (χ3n) is 3.37. The lowest BCUT2D eigenvalue weighted by molar-refractivity contribution is 0.608. The summed E-state index contributed by atoms with van der Waals surface area (Å²) in [7, 11) is 1.95. The Bertz CT molecular complexity index is 767. The van der Waals surface area contributed by atoms with E-state index in [-0.39, 0.29) is 5.82 Å². The minimum absolute atomic E-state index is 0.162. The molecule has 0 atom stereocenters. The molecule has 102 valence electrons. The van der Waals surface area contributed by atoms with Crippen LogP contribution in [0.25, 0.3) is 11.0 Å². The Morgan fingerprint density at radius 1 is 1.20 bits per heavy atom. The molecule has 0 saturated carbocycles. The number of benzene rings is 1. The molecule has 0 fully saturated rings. The van der Waals surface area contributed by atoms with Crippen molar-refractivity contribution in [3.63, 3.8) is 0 Å². The largest absolute Gasteiger partial charge is 0.334 e. The summed E-state index contributed by atoms with van der Waals surface area (Å²) in [6.45, 7) is 0. The first-order valence-corrected chi connectivity index (χ1v) is 7.14. The highest BCUT2D eigenvalue weighted by Crippen LogP contribution is 2.27. The molecule has 0 aliphatic carbocycles. The number of aryl methyl sites for hydroxylation is 3. The van der Waals surface area contributed by atoms with Crippen molar-refractivity contribution in [2.45, 2.75) is 12.8 Å². The van der Waals surface area contributed by atoms with Crippen LogP contribution < -0.4 is 0 Å². The summed E-state index contributed by atoms with van der Waals surface area (Å²) < 4.78 is 16.6. The molecule has 0 N–H and O–H groups in total. The van der Waals surface area contributed by atoms with Gasteiger partial charge < -0.3 is 4.57 Å². The van der Waals surface area contributed by atoms with Crippen molar-refractivity contribution in [2.75, 3.05) is 0 Å². The van der Waals surface area contributed by atoms with E-state index in [1.807, 2.05) is 29.9 Å². The molecule has 3 nitrogen and oxygen atoms in total. The second-order valence-corrected chi connectivity index (χ2v) is 5.55.